The summed E-state index contributed by atoms with van der Waals surface area (Å²) in [5.41, 5.74) is 4.84. The first-order chi connectivity index (χ1) is 8.69. The molecule has 0 amide bonds. The van der Waals surface area contributed by atoms with Crippen LogP contribution in [0, 0.1) is 13.8 Å². The zero-order chi connectivity index (χ0) is 13.1. The van der Waals surface area contributed by atoms with E-state index < -0.39 is 0 Å². The summed E-state index contributed by atoms with van der Waals surface area (Å²) in [4.78, 5) is 8.69. The molecule has 1 aliphatic heterocycles. The maximum Gasteiger partial charge on any atom is 0.149 e. The van der Waals surface area contributed by atoms with Crippen LogP contribution >= 0.6 is 0 Å². The van der Waals surface area contributed by atoms with Crippen molar-refractivity contribution < 1.29 is 4.74 Å². The second-order valence-electron chi connectivity index (χ2n) is 4.11. The Labute approximate surface area is 107 Å². The zero-order valence-electron chi connectivity index (χ0n) is 10.7. The molecule has 0 N–H and O–H groups in total. The molecule has 0 aromatic carbocycles. The van der Waals surface area contributed by atoms with Crippen LogP contribution in [0.5, 0.6) is 5.75 Å². The minimum absolute atomic E-state index is 0.435. The van der Waals surface area contributed by atoms with Gasteiger partial charge in [0.25, 0.3) is 0 Å². The summed E-state index contributed by atoms with van der Waals surface area (Å²) in [7, 11) is 0. The fourth-order valence-corrected chi connectivity index (χ4v) is 1.91. The molecular formula is C15H16N2O. The minimum atomic E-state index is 0.435. The number of aromatic nitrogens is 1. The maximum atomic E-state index is 5.76. The summed E-state index contributed by atoms with van der Waals surface area (Å²) >= 11 is 0. The molecule has 3 nitrogen and oxygen atoms in total. The molecule has 2 heterocycles. The fraction of sp³-hybridized carbons (Fsp3) is 0.200. The van der Waals surface area contributed by atoms with Crippen LogP contribution in [0.25, 0.3) is 5.57 Å². The standard InChI is InChI=1S/C15H16N2O/c1-5-7-12-13(16-6-2)9-18-15-11(4)10(3)8-17-14(12)15/h5-8H,1-2,9H2,3-4H3. The van der Waals surface area contributed by atoms with Gasteiger partial charge in [0.1, 0.15) is 18.1 Å². The lowest BCUT2D eigenvalue weighted by molar-refractivity contribution is 0.366. The summed E-state index contributed by atoms with van der Waals surface area (Å²) in [5, 5.41) is 0. The lowest BCUT2D eigenvalue weighted by Crippen LogP contribution is -2.21. The molecule has 0 atom stereocenters. The van der Waals surface area contributed by atoms with E-state index in [1.54, 1.807) is 6.08 Å². The average Bonchev–Trinajstić information content (AvgIpc) is 2.37. The second kappa shape index (κ2) is 5.00. The summed E-state index contributed by atoms with van der Waals surface area (Å²) in [5.74, 6) is 0.839. The van der Waals surface area contributed by atoms with Crippen molar-refractivity contribution in [3.05, 3.63) is 54.5 Å². The molecule has 0 saturated heterocycles. The van der Waals surface area contributed by atoms with Crippen molar-refractivity contribution in [3.8, 4) is 5.75 Å². The minimum Gasteiger partial charge on any atom is -0.485 e. The van der Waals surface area contributed by atoms with Crippen LogP contribution in [0.2, 0.25) is 0 Å². The Morgan fingerprint density at radius 2 is 2.17 bits per heavy atom. The Balaban J connectivity index is 2.65. The van der Waals surface area contributed by atoms with Gasteiger partial charge >= 0.3 is 0 Å². The second-order valence-corrected chi connectivity index (χ2v) is 4.11. The number of fused-ring (bicyclic) bond motifs is 1. The zero-order valence-corrected chi connectivity index (χ0v) is 10.7. The first kappa shape index (κ1) is 12.3. The quantitative estimate of drug-likeness (QED) is 0.795. The highest BCUT2D eigenvalue weighted by molar-refractivity contribution is 6.26. The van der Waals surface area contributed by atoms with E-state index in [1.165, 1.54) is 6.20 Å². The van der Waals surface area contributed by atoms with Crippen LogP contribution < -0.4 is 4.74 Å². The van der Waals surface area contributed by atoms with E-state index in [0.29, 0.717) is 6.61 Å². The van der Waals surface area contributed by atoms with E-state index in [2.05, 4.69) is 23.1 Å². The smallest absolute Gasteiger partial charge is 0.149 e. The van der Waals surface area contributed by atoms with E-state index in [1.807, 2.05) is 26.1 Å². The van der Waals surface area contributed by atoms with Crippen molar-refractivity contribution >= 4 is 11.3 Å². The van der Waals surface area contributed by atoms with E-state index in [-0.39, 0.29) is 0 Å². The fourth-order valence-electron chi connectivity index (χ4n) is 1.91. The van der Waals surface area contributed by atoms with Crippen molar-refractivity contribution in [3.63, 3.8) is 0 Å². The molecular weight excluding hydrogens is 224 g/mol. The number of allylic oxidation sites excluding steroid dienone is 2. The molecule has 1 aromatic rings. The molecule has 0 unspecified atom stereocenters. The van der Waals surface area contributed by atoms with Gasteiger partial charge in [-0.15, -0.1) is 0 Å². The lowest BCUT2D eigenvalue weighted by Gasteiger charge is -2.23. The molecule has 18 heavy (non-hydrogen) atoms. The van der Waals surface area contributed by atoms with Gasteiger partial charge in [0.05, 0.1) is 5.71 Å². The molecule has 1 aliphatic rings. The van der Waals surface area contributed by atoms with Gasteiger partial charge in [-0.25, -0.2) is 0 Å². The number of nitrogens with zero attached hydrogens (tertiary/aromatic N) is 2. The van der Waals surface area contributed by atoms with Crippen molar-refractivity contribution in [2.75, 3.05) is 6.61 Å². The lowest BCUT2D eigenvalue weighted by atomic mass is 9.99. The molecule has 92 valence electrons. The Hall–Kier alpha value is -2.16. The van der Waals surface area contributed by atoms with Crippen molar-refractivity contribution in [2.24, 2.45) is 4.99 Å². The van der Waals surface area contributed by atoms with Crippen LogP contribution in [0.15, 0.2) is 42.7 Å². The van der Waals surface area contributed by atoms with Crippen LogP contribution in [-0.2, 0) is 0 Å². The van der Waals surface area contributed by atoms with Gasteiger partial charge in [-0.1, -0.05) is 25.3 Å². The third kappa shape index (κ3) is 1.99. The number of pyridine rings is 1. The predicted molar refractivity (Wildman–Crippen MR) is 75.0 cm³/mol. The van der Waals surface area contributed by atoms with Crippen LogP contribution in [0.3, 0.4) is 0 Å². The van der Waals surface area contributed by atoms with E-state index >= 15 is 0 Å². The molecule has 0 saturated carbocycles. The Morgan fingerprint density at radius 1 is 1.39 bits per heavy atom. The summed E-state index contributed by atoms with van der Waals surface area (Å²) in [6, 6.07) is 0. The van der Waals surface area contributed by atoms with Crippen LogP contribution in [0.4, 0.5) is 0 Å². The Kier molecular flexibility index (Phi) is 3.42. The number of aliphatic imine (C=N–C) groups is 1. The molecule has 3 heteroatoms. The van der Waals surface area contributed by atoms with E-state index in [4.69, 9.17) is 4.74 Å². The van der Waals surface area contributed by atoms with Crippen molar-refractivity contribution in [2.45, 2.75) is 13.8 Å². The van der Waals surface area contributed by atoms with Gasteiger partial charge in [-0.3, -0.25) is 9.98 Å². The van der Waals surface area contributed by atoms with Gasteiger partial charge in [0, 0.05) is 18.0 Å². The Morgan fingerprint density at radius 3 is 2.83 bits per heavy atom. The average molecular weight is 240 g/mol. The Bertz CT molecular complexity index is 568. The van der Waals surface area contributed by atoms with Crippen LogP contribution in [0.1, 0.15) is 16.8 Å². The summed E-state index contributed by atoms with van der Waals surface area (Å²) in [6.45, 7) is 11.9. The number of hydrogen-bond acceptors (Lipinski definition) is 3. The number of aryl methyl sites for hydroxylation is 1. The van der Waals surface area contributed by atoms with E-state index in [9.17, 15) is 0 Å². The highest BCUT2D eigenvalue weighted by Crippen LogP contribution is 2.34. The van der Waals surface area contributed by atoms with Crippen molar-refractivity contribution in [1.82, 2.24) is 4.98 Å². The first-order valence-electron chi connectivity index (χ1n) is 5.79. The summed E-state index contributed by atoms with van der Waals surface area (Å²) in [6.07, 6.45) is 7.01. The largest absolute Gasteiger partial charge is 0.485 e. The molecule has 0 bridgehead atoms. The molecule has 0 fully saturated rings. The van der Waals surface area contributed by atoms with Gasteiger partial charge in [0.2, 0.25) is 0 Å². The predicted octanol–water partition coefficient (Wildman–Crippen LogP) is 3.24. The number of rotatable bonds is 2. The van der Waals surface area contributed by atoms with E-state index in [0.717, 1.165) is 33.9 Å². The molecule has 0 radical (unpaired) electrons. The van der Waals surface area contributed by atoms with Gasteiger partial charge in [-0.2, -0.15) is 0 Å². The summed E-state index contributed by atoms with van der Waals surface area (Å²) < 4.78 is 5.76. The third-order valence-electron chi connectivity index (χ3n) is 2.99. The highest BCUT2D eigenvalue weighted by Gasteiger charge is 2.24. The van der Waals surface area contributed by atoms with Crippen molar-refractivity contribution in [1.29, 1.82) is 0 Å². The van der Waals surface area contributed by atoms with Crippen LogP contribution in [-0.4, -0.2) is 17.3 Å². The SMILES string of the molecule is C=CC=C1C(=NC=C)COc2c1ncc(C)c2C. The number of hydrogen-bond donors (Lipinski definition) is 0. The normalized spacial score (nSPS) is 18.3. The topological polar surface area (TPSA) is 34.5 Å². The monoisotopic (exact) mass is 240 g/mol. The molecule has 2 rings (SSSR count). The molecule has 1 aromatic heterocycles. The maximum absolute atomic E-state index is 5.76. The first-order valence-corrected chi connectivity index (χ1v) is 5.79. The van der Waals surface area contributed by atoms with Gasteiger partial charge in [-0.05, 0) is 25.0 Å². The molecule has 0 spiro atoms. The number of ether oxygens (including phenoxy) is 1. The highest BCUT2D eigenvalue weighted by atomic mass is 16.5. The third-order valence-corrected chi connectivity index (χ3v) is 2.99. The van der Waals surface area contributed by atoms with Gasteiger partial charge < -0.3 is 4.74 Å². The van der Waals surface area contributed by atoms with Gasteiger partial charge in [0.15, 0.2) is 0 Å². The molecule has 0 aliphatic carbocycles.